The molecule has 0 amide bonds. The average Bonchev–Trinajstić information content (AvgIpc) is 2.81. The third-order valence-electron chi connectivity index (χ3n) is 5.20. The lowest BCUT2D eigenvalue weighted by molar-refractivity contribution is 0.0716. The minimum atomic E-state index is -0.558. The SMILES string of the molecule is CCCc1ccc(C(=O)Oc2ccc(OC(=O)c3ccc(CCC)cc3)c(C(C)=O)c2)cc1. The van der Waals surface area contributed by atoms with E-state index >= 15 is 0 Å². The predicted molar refractivity (Wildman–Crippen MR) is 127 cm³/mol. The number of hydrogen-bond donors (Lipinski definition) is 0. The van der Waals surface area contributed by atoms with Crippen LogP contribution in [0.2, 0.25) is 0 Å². The second-order valence-corrected chi connectivity index (χ2v) is 7.89. The second kappa shape index (κ2) is 11.2. The summed E-state index contributed by atoms with van der Waals surface area (Å²) in [7, 11) is 0. The second-order valence-electron chi connectivity index (χ2n) is 7.89. The van der Waals surface area contributed by atoms with Crippen LogP contribution in [0.1, 0.15) is 75.8 Å². The van der Waals surface area contributed by atoms with Gasteiger partial charge < -0.3 is 9.47 Å². The molecule has 0 radical (unpaired) electrons. The summed E-state index contributed by atoms with van der Waals surface area (Å²) >= 11 is 0. The zero-order valence-corrected chi connectivity index (χ0v) is 19.2. The quantitative estimate of drug-likeness (QED) is 0.222. The maximum Gasteiger partial charge on any atom is 0.343 e. The molecule has 33 heavy (non-hydrogen) atoms. The van der Waals surface area contributed by atoms with Gasteiger partial charge in [-0.05, 0) is 73.4 Å². The Bertz CT molecular complexity index is 1130. The standard InChI is InChI=1S/C28H28O5/c1-4-6-20-8-12-22(13-9-20)27(30)32-24-16-17-26(25(18-24)19(3)29)33-28(31)23-14-10-21(7-5-2)11-15-23/h8-18H,4-7H2,1-3H3. The Morgan fingerprint density at radius 1 is 0.667 bits per heavy atom. The zero-order valence-electron chi connectivity index (χ0n) is 19.2. The number of Topliss-reactive ketones (excluding diaryl/α,β-unsaturated/α-hetero) is 1. The minimum Gasteiger partial charge on any atom is -0.423 e. The number of aryl methyl sites for hydroxylation is 2. The Morgan fingerprint density at radius 2 is 1.15 bits per heavy atom. The smallest absolute Gasteiger partial charge is 0.343 e. The lowest BCUT2D eigenvalue weighted by Crippen LogP contribution is -2.12. The third-order valence-corrected chi connectivity index (χ3v) is 5.20. The van der Waals surface area contributed by atoms with Crippen molar-refractivity contribution in [1.82, 2.24) is 0 Å². The fourth-order valence-electron chi connectivity index (χ4n) is 3.45. The molecule has 3 aromatic rings. The van der Waals surface area contributed by atoms with Gasteiger partial charge in [0.2, 0.25) is 0 Å². The van der Waals surface area contributed by atoms with E-state index in [1.807, 2.05) is 24.3 Å². The molecule has 0 bridgehead atoms. The summed E-state index contributed by atoms with van der Waals surface area (Å²) in [6, 6.07) is 18.8. The predicted octanol–water partition coefficient (Wildman–Crippen LogP) is 6.23. The number of rotatable bonds is 9. The molecule has 5 heteroatoms. The number of benzene rings is 3. The lowest BCUT2D eigenvalue weighted by Gasteiger charge is -2.11. The fraction of sp³-hybridized carbons (Fsp3) is 0.250. The molecule has 0 atom stereocenters. The Hall–Kier alpha value is -3.73. The number of hydrogen-bond acceptors (Lipinski definition) is 5. The molecule has 0 aliphatic rings. The first-order chi connectivity index (χ1) is 15.9. The molecule has 0 fully saturated rings. The molecule has 0 unspecified atom stereocenters. The molecule has 0 saturated carbocycles. The van der Waals surface area contributed by atoms with E-state index in [9.17, 15) is 14.4 Å². The summed E-state index contributed by atoms with van der Waals surface area (Å²) < 4.78 is 10.9. The van der Waals surface area contributed by atoms with E-state index in [0.717, 1.165) is 36.8 Å². The van der Waals surface area contributed by atoms with Gasteiger partial charge in [0.1, 0.15) is 11.5 Å². The van der Waals surface area contributed by atoms with Gasteiger partial charge in [0, 0.05) is 0 Å². The van der Waals surface area contributed by atoms with Crippen LogP contribution in [0.3, 0.4) is 0 Å². The van der Waals surface area contributed by atoms with E-state index in [4.69, 9.17) is 9.47 Å². The summed E-state index contributed by atoms with van der Waals surface area (Å²) in [6.07, 6.45) is 3.93. The zero-order chi connectivity index (χ0) is 23.8. The first-order valence-electron chi connectivity index (χ1n) is 11.2. The van der Waals surface area contributed by atoms with Crippen molar-refractivity contribution in [3.8, 4) is 11.5 Å². The fourth-order valence-corrected chi connectivity index (χ4v) is 3.45. The van der Waals surface area contributed by atoms with E-state index in [1.54, 1.807) is 24.3 Å². The van der Waals surface area contributed by atoms with E-state index in [1.165, 1.54) is 25.1 Å². The first-order valence-corrected chi connectivity index (χ1v) is 11.2. The van der Waals surface area contributed by atoms with Crippen molar-refractivity contribution in [1.29, 1.82) is 0 Å². The molecule has 0 spiro atoms. The van der Waals surface area contributed by atoms with Crippen molar-refractivity contribution in [2.75, 3.05) is 0 Å². The van der Waals surface area contributed by atoms with E-state index < -0.39 is 11.9 Å². The first kappa shape index (κ1) is 23.9. The average molecular weight is 445 g/mol. The molecule has 0 aromatic heterocycles. The molecule has 3 aromatic carbocycles. The van der Waals surface area contributed by atoms with Gasteiger partial charge in [-0.1, -0.05) is 51.0 Å². The van der Waals surface area contributed by atoms with Crippen LogP contribution in [0.25, 0.3) is 0 Å². The molecular weight excluding hydrogens is 416 g/mol. The summed E-state index contributed by atoms with van der Waals surface area (Å²) in [4.78, 5) is 37.2. The summed E-state index contributed by atoms with van der Waals surface area (Å²) in [6.45, 7) is 5.55. The van der Waals surface area contributed by atoms with Crippen LogP contribution in [-0.4, -0.2) is 17.7 Å². The van der Waals surface area contributed by atoms with Crippen molar-refractivity contribution in [3.05, 3.63) is 94.5 Å². The maximum atomic E-state index is 12.6. The molecule has 0 heterocycles. The highest BCUT2D eigenvalue weighted by Crippen LogP contribution is 2.26. The monoisotopic (exact) mass is 444 g/mol. The Labute approximate surface area is 194 Å². The van der Waals surface area contributed by atoms with E-state index in [2.05, 4.69) is 13.8 Å². The molecule has 0 N–H and O–H groups in total. The van der Waals surface area contributed by atoms with Crippen LogP contribution >= 0.6 is 0 Å². The highest BCUT2D eigenvalue weighted by molar-refractivity contribution is 5.99. The van der Waals surface area contributed by atoms with Gasteiger partial charge in [-0.25, -0.2) is 9.59 Å². The number of ketones is 1. The Balaban J connectivity index is 1.73. The van der Waals surface area contributed by atoms with Gasteiger partial charge in [-0.2, -0.15) is 0 Å². The highest BCUT2D eigenvalue weighted by atomic mass is 16.5. The van der Waals surface area contributed by atoms with Crippen LogP contribution in [0.15, 0.2) is 66.7 Å². The topological polar surface area (TPSA) is 69.7 Å². The molecule has 5 nitrogen and oxygen atoms in total. The van der Waals surface area contributed by atoms with Crippen LogP contribution in [0.4, 0.5) is 0 Å². The molecule has 170 valence electrons. The van der Waals surface area contributed by atoms with E-state index in [-0.39, 0.29) is 22.8 Å². The van der Waals surface area contributed by atoms with Crippen LogP contribution in [-0.2, 0) is 12.8 Å². The maximum absolute atomic E-state index is 12.6. The Morgan fingerprint density at radius 3 is 1.61 bits per heavy atom. The van der Waals surface area contributed by atoms with Crippen molar-refractivity contribution in [2.45, 2.75) is 46.5 Å². The highest BCUT2D eigenvalue weighted by Gasteiger charge is 2.17. The van der Waals surface area contributed by atoms with Crippen LogP contribution in [0.5, 0.6) is 11.5 Å². The molecular formula is C28H28O5. The molecule has 3 rings (SSSR count). The van der Waals surface area contributed by atoms with Gasteiger partial charge in [0.15, 0.2) is 5.78 Å². The molecule has 0 aliphatic heterocycles. The number of esters is 2. The normalized spacial score (nSPS) is 10.5. The number of carbonyl (C=O) groups is 3. The number of ether oxygens (including phenoxy) is 2. The largest absolute Gasteiger partial charge is 0.423 e. The van der Waals surface area contributed by atoms with Gasteiger partial charge >= 0.3 is 11.9 Å². The lowest BCUT2D eigenvalue weighted by atomic mass is 10.1. The third kappa shape index (κ3) is 6.39. The van der Waals surface area contributed by atoms with Crippen LogP contribution in [0, 0.1) is 0 Å². The summed E-state index contributed by atoms with van der Waals surface area (Å²) in [5.74, 6) is -1.07. The van der Waals surface area contributed by atoms with Crippen molar-refractivity contribution < 1.29 is 23.9 Å². The van der Waals surface area contributed by atoms with Crippen molar-refractivity contribution in [2.24, 2.45) is 0 Å². The van der Waals surface area contributed by atoms with Crippen LogP contribution < -0.4 is 9.47 Å². The molecule has 0 aliphatic carbocycles. The van der Waals surface area contributed by atoms with Crippen molar-refractivity contribution >= 4 is 17.7 Å². The van der Waals surface area contributed by atoms with Gasteiger partial charge in [0.25, 0.3) is 0 Å². The summed E-state index contributed by atoms with van der Waals surface area (Å²) in [5.41, 5.74) is 3.27. The summed E-state index contributed by atoms with van der Waals surface area (Å²) in [5, 5.41) is 0. The van der Waals surface area contributed by atoms with Crippen molar-refractivity contribution in [3.63, 3.8) is 0 Å². The van der Waals surface area contributed by atoms with Gasteiger partial charge in [0.05, 0.1) is 16.7 Å². The molecule has 0 saturated heterocycles. The Kier molecular flexibility index (Phi) is 8.14. The van der Waals surface area contributed by atoms with Gasteiger partial charge in [-0.15, -0.1) is 0 Å². The van der Waals surface area contributed by atoms with Gasteiger partial charge in [-0.3, -0.25) is 4.79 Å². The minimum absolute atomic E-state index is 0.119. The number of carbonyl (C=O) groups excluding carboxylic acids is 3. The van der Waals surface area contributed by atoms with E-state index in [0.29, 0.717) is 11.1 Å².